The number of aryl methyl sites for hydroxylation is 2. The molecule has 108 valence electrons. The highest BCUT2D eigenvalue weighted by molar-refractivity contribution is 5.91. The van der Waals surface area contributed by atoms with Gasteiger partial charge in [-0.15, -0.1) is 5.10 Å². The minimum Gasteiger partial charge on any atom is -0.387 e. The highest BCUT2D eigenvalue weighted by Crippen LogP contribution is 2.18. The molecular formula is C12H18N6O2. The molecule has 8 nitrogen and oxygen atoms in total. The summed E-state index contributed by atoms with van der Waals surface area (Å²) in [4.78, 5) is 12.0. The Morgan fingerprint density at radius 1 is 1.50 bits per heavy atom. The van der Waals surface area contributed by atoms with E-state index >= 15 is 0 Å². The van der Waals surface area contributed by atoms with Crippen LogP contribution in [0.2, 0.25) is 0 Å². The zero-order valence-corrected chi connectivity index (χ0v) is 12.0. The molecule has 8 heteroatoms. The molecule has 0 saturated carbocycles. The third-order valence-electron chi connectivity index (χ3n) is 3.06. The molecule has 1 amide bonds. The molecule has 2 N–H and O–H groups in total. The van der Waals surface area contributed by atoms with Crippen LogP contribution in [-0.2, 0) is 18.4 Å². The van der Waals surface area contributed by atoms with Crippen molar-refractivity contribution in [1.29, 1.82) is 0 Å². The van der Waals surface area contributed by atoms with Gasteiger partial charge < -0.3 is 10.4 Å². The van der Waals surface area contributed by atoms with Crippen molar-refractivity contribution >= 4 is 11.6 Å². The minimum absolute atomic E-state index is 0.0352. The second kappa shape index (κ2) is 5.41. The SMILES string of the molecule is Cc1nn(C)c(C)c1NC(=O)Cn1cc(C(C)O)nn1. The van der Waals surface area contributed by atoms with E-state index in [-0.39, 0.29) is 12.5 Å². The number of aliphatic hydroxyl groups is 1. The Balaban J connectivity index is 2.05. The first-order valence-electron chi connectivity index (χ1n) is 6.26. The van der Waals surface area contributed by atoms with Crippen LogP contribution in [0.3, 0.4) is 0 Å². The first-order valence-corrected chi connectivity index (χ1v) is 6.26. The van der Waals surface area contributed by atoms with Gasteiger partial charge in [0.25, 0.3) is 0 Å². The summed E-state index contributed by atoms with van der Waals surface area (Å²) in [5.74, 6) is -0.216. The van der Waals surface area contributed by atoms with Crippen LogP contribution in [-0.4, -0.2) is 35.8 Å². The maximum atomic E-state index is 12.0. The molecule has 1 unspecified atom stereocenters. The quantitative estimate of drug-likeness (QED) is 0.839. The van der Waals surface area contributed by atoms with Crippen molar-refractivity contribution in [2.45, 2.75) is 33.4 Å². The Labute approximate surface area is 116 Å². The van der Waals surface area contributed by atoms with Gasteiger partial charge in [-0.2, -0.15) is 5.10 Å². The van der Waals surface area contributed by atoms with E-state index in [0.29, 0.717) is 11.4 Å². The van der Waals surface area contributed by atoms with Gasteiger partial charge in [0.15, 0.2) is 0 Å². The van der Waals surface area contributed by atoms with E-state index in [1.54, 1.807) is 17.8 Å². The van der Waals surface area contributed by atoms with Gasteiger partial charge in [-0.1, -0.05) is 5.21 Å². The molecule has 0 saturated heterocycles. The van der Waals surface area contributed by atoms with E-state index in [1.807, 2.05) is 20.9 Å². The Kier molecular flexibility index (Phi) is 3.84. The lowest BCUT2D eigenvalue weighted by atomic mass is 10.3. The maximum absolute atomic E-state index is 12.0. The number of aromatic nitrogens is 5. The number of hydrogen-bond acceptors (Lipinski definition) is 5. The molecule has 0 aliphatic rings. The van der Waals surface area contributed by atoms with Gasteiger partial charge >= 0.3 is 0 Å². The summed E-state index contributed by atoms with van der Waals surface area (Å²) < 4.78 is 3.10. The van der Waals surface area contributed by atoms with Crippen molar-refractivity contribution < 1.29 is 9.90 Å². The van der Waals surface area contributed by atoms with E-state index in [1.165, 1.54) is 4.68 Å². The third kappa shape index (κ3) is 2.85. The highest BCUT2D eigenvalue weighted by Gasteiger charge is 2.14. The van der Waals surface area contributed by atoms with E-state index < -0.39 is 6.10 Å². The zero-order chi connectivity index (χ0) is 14.9. The van der Waals surface area contributed by atoms with Gasteiger partial charge in [-0.3, -0.25) is 9.48 Å². The topological polar surface area (TPSA) is 97.9 Å². The van der Waals surface area contributed by atoms with Crippen molar-refractivity contribution in [3.8, 4) is 0 Å². The average Bonchev–Trinajstić information content (AvgIpc) is 2.91. The van der Waals surface area contributed by atoms with Crippen LogP contribution in [0.5, 0.6) is 0 Å². The number of nitrogens with one attached hydrogen (secondary N) is 1. The number of aliphatic hydroxyl groups excluding tert-OH is 1. The highest BCUT2D eigenvalue weighted by atomic mass is 16.3. The molecule has 2 aromatic rings. The van der Waals surface area contributed by atoms with Crippen molar-refractivity contribution in [2.24, 2.45) is 7.05 Å². The summed E-state index contributed by atoms with van der Waals surface area (Å²) in [5, 5.41) is 24.0. The van der Waals surface area contributed by atoms with Crippen LogP contribution in [0.25, 0.3) is 0 Å². The lowest BCUT2D eigenvalue weighted by Crippen LogP contribution is -2.20. The molecule has 0 aliphatic carbocycles. The lowest BCUT2D eigenvalue weighted by Gasteiger charge is -2.05. The number of hydrogen-bond donors (Lipinski definition) is 2. The fraction of sp³-hybridized carbons (Fsp3) is 0.500. The number of carbonyl (C=O) groups excluding carboxylic acids is 1. The molecule has 0 spiro atoms. The molecular weight excluding hydrogens is 260 g/mol. The molecule has 0 bridgehead atoms. The normalized spacial score (nSPS) is 12.4. The van der Waals surface area contributed by atoms with Crippen molar-refractivity contribution in [1.82, 2.24) is 24.8 Å². The summed E-state index contributed by atoms with van der Waals surface area (Å²) >= 11 is 0. The first kappa shape index (κ1) is 14.2. The fourth-order valence-electron chi connectivity index (χ4n) is 1.86. The smallest absolute Gasteiger partial charge is 0.246 e. The number of carbonyl (C=O) groups is 1. The summed E-state index contributed by atoms with van der Waals surface area (Å²) in [5.41, 5.74) is 2.81. The summed E-state index contributed by atoms with van der Waals surface area (Å²) in [6.07, 6.45) is 0.849. The standard InChI is InChI=1S/C12H18N6O2/c1-7-12(8(2)17(4)15-7)13-11(20)6-18-5-10(9(3)19)14-16-18/h5,9,19H,6H2,1-4H3,(H,13,20). The van der Waals surface area contributed by atoms with Gasteiger partial charge in [-0.05, 0) is 20.8 Å². The molecule has 0 aromatic carbocycles. The molecule has 1 atom stereocenters. The van der Waals surface area contributed by atoms with Crippen LogP contribution < -0.4 is 5.32 Å². The van der Waals surface area contributed by atoms with Crippen molar-refractivity contribution in [3.05, 3.63) is 23.3 Å². The van der Waals surface area contributed by atoms with Crippen LogP contribution in [0.4, 0.5) is 5.69 Å². The van der Waals surface area contributed by atoms with Gasteiger partial charge in [0.05, 0.1) is 29.4 Å². The molecule has 2 aromatic heterocycles. The number of nitrogens with zero attached hydrogens (tertiary/aromatic N) is 5. The van der Waals surface area contributed by atoms with Crippen LogP contribution >= 0.6 is 0 Å². The van der Waals surface area contributed by atoms with E-state index in [9.17, 15) is 9.90 Å². The Hall–Kier alpha value is -2.22. The van der Waals surface area contributed by atoms with Gasteiger partial charge in [-0.25, -0.2) is 4.68 Å². The average molecular weight is 278 g/mol. The summed E-state index contributed by atoms with van der Waals surface area (Å²) in [7, 11) is 1.82. The van der Waals surface area contributed by atoms with Crippen LogP contribution in [0, 0.1) is 13.8 Å². The first-order chi connectivity index (χ1) is 9.38. The van der Waals surface area contributed by atoms with E-state index in [0.717, 1.165) is 11.4 Å². The van der Waals surface area contributed by atoms with Crippen molar-refractivity contribution in [3.63, 3.8) is 0 Å². The maximum Gasteiger partial charge on any atom is 0.246 e. The monoisotopic (exact) mass is 278 g/mol. The predicted octanol–water partition coefficient (Wildman–Crippen LogP) is 0.320. The number of amides is 1. The molecule has 20 heavy (non-hydrogen) atoms. The molecule has 2 rings (SSSR count). The molecule has 0 fully saturated rings. The van der Waals surface area contributed by atoms with E-state index in [2.05, 4.69) is 20.7 Å². The summed E-state index contributed by atoms with van der Waals surface area (Å²) in [6.45, 7) is 5.35. The van der Waals surface area contributed by atoms with Gasteiger partial charge in [0.1, 0.15) is 12.2 Å². The van der Waals surface area contributed by atoms with Gasteiger partial charge in [0, 0.05) is 7.05 Å². The van der Waals surface area contributed by atoms with Crippen molar-refractivity contribution in [2.75, 3.05) is 5.32 Å². The van der Waals surface area contributed by atoms with E-state index in [4.69, 9.17) is 0 Å². The lowest BCUT2D eigenvalue weighted by molar-refractivity contribution is -0.116. The second-order valence-corrected chi connectivity index (χ2v) is 4.73. The molecule has 0 aliphatic heterocycles. The second-order valence-electron chi connectivity index (χ2n) is 4.73. The predicted molar refractivity (Wildman–Crippen MR) is 72.0 cm³/mol. The largest absolute Gasteiger partial charge is 0.387 e. The molecule has 0 radical (unpaired) electrons. The Morgan fingerprint density at radius 3 is 2.70 bits per heavy atom. The number of rotatable bonds is 4. The third-order valence-corrected chi connectivity index (χ3v) is 3.06. The zero-order valence-electron chi connectivity index (χ0n) is 12.0. The van der Waals surface area contributed by atoms with Crippen LogP contribution in [0.1, 0.15) is 30.1 Å². The number of anilines is 1. The van der Waals surface area contributed by atoms with Crippen LogP contribution in [0.15, 0.2) is 6.20 Å². The summed E-state index contributed by atoms with van der Waals surface area (Å²) in [6, 6.07) is 0. The van der Waals surface area contributed by atoms with Gasteiger partial charge in [0.2, 0.25) is 5.91 Å². The Bertz CT molecular complexity index is 628. The molecule has 2 heterocycles. The Morgan fingerprint density at radius 2 is 2.20 bits per heavy atom. The minimum atomic E-state index is -0.699. The fourth-order valence-corrected chi connectivity index (χ4v) is 1.86.